The van der Waals surface area contributed by atoms with Gasteiger partial charge in [-0.15, -0.1) is 15.8 Å². The van der Waals surface area contributed by atoms with Gasteiger partial charge in [-0.25, -0.2) is 0 Å². The molecule has 0 aromatic heterocycles. The smallest absolute Gasteiger partial charge is 0.0126 e. The monoisotopic (exact) mass is 208 g/mol. The van der Waals surface area contributed by atoms with Crippen LogP contribution in [0.25, 0.3) is 0 Å². The van der Waals surface area contributed by atoms with Crippen LogP contribution in [0.15, 0.2) is 36.9 Å². The summed E-state index contributed by atoms with van der Waals surface area (Å²) in [6.45, 7) is 11.9. The Morgan fingerprint density at radius 1 is 1.21 bits per heavy atom. The fourth-order valence-electron chi connectivity index (χ4n) is 1.18. The molecule has 14 heavy (non-hydrogen) atoms. The topological polar surface area (TPSA) is 0 Å². The highest BCUT2D eigenvalue weighted by atomic mass is 31.0. The predicted octanol–water partition coefficient (Wildman–Crippen LogP) is 3.68. The second-order valence-electron chi connectivity index (χ2n) is 4.25. The summed E-state index contributed by atoms with van der Waals surface area (Å²) in [6, 6.07) is 8.47. The lowest BCUT2D eigenvalue weighted by molar-refractivity contribution is 0.594. The van der Waals surface area contributed by atoms with Crippen molar-refractivity contribution in [1.82, 2.24) is 0 Å². The zero-order valence-corrected chi connectivity index (χ0v) is 10.8. The summed E-state index contributed by atoms with van der Waals surface area (Å²) in [5, 5.41) is 1.31. The second-order valence-corrected chi connectivity index (χ2v) is 4.87. The minimum Gasteiger partial charge on any atom is -0.105 e. The van der Waals surface area contributed by atoms with Gasteiger partial charge in [0.2, 0.25) is 0 Å². The van der Waals surface area contributed by atoms with Crippen molar-refractivity contribution in [2.24, 2.45) is 0 Å². The van der Waals surface area contributed by atoms with Crippen molar-refractivity contribution in [3.05, 3.63) is 42.5 Å². The third-order valence-electron chi connectivity index (χ3n) is 1.77. The summed E-state index contributed by atoms with van der Waals surface area (Å²) in [5.74, 6) is 0. The van der Waals surface area contributed by atoms with Crippen LogP contribution < -0.4 is 5.30 Å². The first-order valence-corrected chi connectivity index (χ1v) is 5.43. The van der Waals surface area contributed by atoms with E-state index in [2.05, 4.69) is 60.9 Å². The van der Waals surface area contributed by atoms with Crippen LogP contribution in [0.2, 0.25) is 0 Å². The van der Waals surface area contributed by atoms with Gasteiger partial charge in [-0.2, -0.15) is 0 Å². The van der Waals surface area contributed by atoms with Crippen molar-refractivity contribution < 1.29 is 0 Å². The molecule has 1 heteroatoms. The molecule has 0 spiro atoms. The molecule has 0 saturated heterocycles. The summed E-state index contributed by atoms with van der Waals surface area (Å²) in [5.41, 5.74) is 1.67. The van der Waals surface area contributed by atoms with Crippen LogP contribution in [0.1, 0.15) is 33.3 Å². The van der Waals surface area contributed by atoms with E-state index in [1.54, 1.807) is 6.08 Å². The van der Waals surface area contributed by atoms with Crippen molar-refractivity contribution in [2.45, 2.75) is 33.1 Å². The first kappa shape index (κ1) is 13.4. The lowest BCUT2D eigenvalue weighted by Gasteiger charge is -2.20. The molecule has 0 amide bonds. The highest BCUT2D eigenvalue weighted by Gasteiger charge is 2.14. The molecule has 1 rings (SSSR count). The molecule has 0 fully saturated rings. The van der Waals surface area contributed by atoms with Gasteiger partial charge in [-0.3, -0.25) is 0 Å². The lowest BCUT2D eigenvalue weighted by Crippen LogP contribution is -2.18. The molecule has 1 atom stereocenters. The van der Waals surface area contributed by atoms with Gasteiger partial charge >= 0.3 is 0 Å². The molecule has 0 aliphatic carbocycles. The average molecular weight is 208 g/mol. The molecule has 1 aromatic carbocycles. The third-order valence-corrected chi connectivity index (χ3v) is 2.27. The van der Waals surface area contributed by atoms with Crippen LogP contribution in [0, 0.1) is 0 Å². The third kappa shape index (κ3) is 4.58. The van der Waals surface area contributed by atoms with E-state index in [0.29, 0.717) is 0 Å². The standard InChI is InChI=1S/C10H15P.C3H6/c1-10(2,3)8-6-4-5-7-9(8)11;1-3-2/h4-7H,11H2,1-3H3;3H,1H2,2H3. The Bertz CT molecular complexity index is 282. The lowest BCUT2D eigenvalue weighted by atomic mass is 9.87. The van der Waals surface area contributed by atoms with E-state index in [0.717, 1.165) is 0 Å². The van der Waals surface area contributed by atoms with E-state index in [1.165, 1.54) is 10.9 Å². The molecule has 0 saturated carbocycles. The van der Waals surface area contributed by atoms with Gasteiger partial charge < -0.3 is 0 Å². The van der Waals surface area contributed by atoms with Crippen LogP contribution >= 0.6 is 9.24 Å². The van der Waals surface area contributed by atoms with Gasteiger partial charge in [0, 0.05) is 0 Å². The van der Waals surface area contributed by atoms with E-state index in [4.69, 9.17) is 0 Å². The van der Waals surface area contributed by atoms with Gasteiger partial charge in [-0.05, 0) is 23.2 Å². The molecule has 0 aliphatic rings. The van der Waals surface area contributed by atoms with Crippen LogP contribution in [0.4, 0.5) is 0 Å². The number of allylic oxidation sites excluding steroid dienone is 1. The van der Waals surface area contributed by atoms with Crippen molar-refractivity contribution in [3.8, 4) is 0 Å². The van der Waals surface area contributed by atoms with Crippen LogP contribution in [0.5, 0.6) is 0 Å². The summed E-state index contributed by atoms with van der Waals surface area (Å²) in [6.07, 6.45) is 1.75. The second kappa shape index (κ2) is 5.98. The number of hydrogen-bond acceptors (Lipinski definition) is 0. The molecular weight excluding hydrogens is 187 g/mol. The highest BCUT2D eigenvalue weighted by Crippen LogP contribution is 2.20. The first-order valence-electron chi connectivity index (χ1n) is 4.85. The minimum atomic E-state index is 0.262. The zero-order valence-electron chi connectivity index (χ0n) is 9.67. The molecule has 0 aliphatic heterocycles. The summed E-state index contributed by atoms with van der Waals surface area (Å²) in [7, 11) is 2.77. The Labute approximate surface area is 90.6 Å². The Hall–Kier alpha value is -0.610. The SMILES string of the molecule is C=CC.CC(C)(C)c1ccccc1P. The summed E-state index contributed by atoms with van der Waals surface area (Å²) in [4.78, 5) is 0. The van der Waals surface area contributed by atoms with Crippen molar-refractivity contribution in [1.29, 1.82) is 0 Å². The Morgan fingerprint density at radius 2 is 1.64 bits per heavy atom. The fraction of sp³-hybridized carbons (Fsp3) is 0.385. The Balaban J connectivity index is 0.000000500. The number of hydrogen-bond donors (Lipinski definition) is 0. The molecule has 0 heterocycles. The quantitative estimate of drug-likeness (QED) is 0.450. The van der Waals surface area contributed by atoms with E-state index in [1.807, 2.05) is 6.92 Å². The average Bonchev–Trinajstić information content (AvgIpc) is 2.04. The van der Waals surface area contributed by atoms with Crippen molar-refractivity contribution >= 4 is 14.5 Å². The molecule has 1 aromatic rings. The normalized spacial score (nSPS) is 10.1. The van der Waals surface area contributed by atoms with Crippen LogP contribution in [-0.2, 0) is 5.41 Å². The maximum absolute atomic E-state index is 3.36. The van der Waals surface area contributed by atoms with E-state index < -0.39 is 0 Å². The maximum Gasteiger partial charge on any atom is -0.0126 e. The van der Waals surface area contributed by atoms with E-state index >= 15 is 0 Å². The molecular formula is C13H21P. The number of rotatable bonds is 0. The Kier molecular flexibility index (Phi) is 5.72. The predicted molar refractivity (Wildman–Crippen MR) is 70.4 cm³/mol. The van der Waals surface area contributed by atoms with E-state index in [9.17, 15) is 0 Å². The minimum absolute atomic E-state index is 0.262. The van der Waals surface area contributed by atoms with Gasteiger partial charge in [0.1, 0.15) is 0 Å². The Morgan fingerprint density at radius 3 is 1.93 bits per heavy atom. The van der Waals surface area contributed by atoms with Crippen molar-refractivity contribution in [3.63, 3.8) is 0 Å². The molecule has 1 unspecified atom stereocenters. The maximum atomic E-state index is 3.36. The van der Waals surface area contributed by atoms with E-state index in [-0.39, 0.29) is 5.41 Å². The van der Waals surface area contributed by atoms with Crippen LogP contribution in [0.3, 0.4) is 0 Å². The summed E-state index contributed by atoms with van der Waals surface area (Å²) < 4.78 is 0. The van der Waals surface area contributed by atoms with Gasteiger partial charge in [0.25, 0.3) is 0 Å². The molecule has 0 N–H and O–H groups in total. The molecule has 0 radical (unpaired) electrons. The first-order chi connectivity index (χ1) is 6.43. The zero-order chi connectivity index (χ0) is 11.2. The van der Waals surface area contributed by atoms with Gasteiger partial charge in [-0.1, -0.05) is 51.1 Å². The summed E-state index contributed by atoms with van der Waals surface area (Å²) >= 11 is 0. The van der Waals surface area contributed by atoms with Crippen molar-refractivity contribution in [2.75, 3.05) is 0 Å². The van der Waals surface area contributed by atoms with Gasteiger partial charge in [0.15, 0.2) is 0 Å². The fourth-order valence-corrected chi connectivity index (χ4v) is 1.82. The largest absolute Gasteiger partial charge is 0.105 e. The molecule has 78 valence electrons. The van der Waals surface area contributed by atoms with Gasteiger partial charge in [0.05, 0.1) is 0 Å². The molecule has 0 nitrogen and oxygen atoms in total. The van der Waals surface area contributed by atoms with Crippen LogP contribution in [-0.4, -0.2) is 0 Å². The highest BCUT2D eigenvalue weighted by molar-refractivity contribution is 7.27. The molecule has 0 bridgehead atoms. The number of benzene rings is 1.